The Balaban J connectivity index is 0.000000177. The number of benzene rings is 8. The van der Waals surface area contributed by atoms with Gasteiger partial charge in [-0.1, -0.05) is 36.4 Å². The molecule has 0 fully saturated rings. The van der Waals surface area contributed by atoms with E-state index in [4.69, 9.17) is 17.3 Å². The zero-order chi connectivity index (χ0) is 43.9. The maximum absolute atomic E-state index is 9.82. The van der Waals surface area contributed by atoms with E-state index in [1.54, 1.807) is 12.1 Å². The third kappa shape index (κ3) is 14.7. The van der Waals surface area contributed by atoms with Crippen molar-refractivity contribution in [3.05, 3.63) is 255 Å². The maximum atomic E-state index is 9.82. The van der Waals surface area contributed by atoms with E-state index in [1.165, 1.54) is 32.3 Å². The van der Waals surface area contributed by atoms with E-state index in [2.05, 4.69) is 209 Å². The fourth-order valence-corrected chi connectivity index (χ4v) is 16.2. The summed E-state index contributed by atoms with van der Waals surface area (Å²) < 4.78 is 16.4. The van der Waals surface area contributed by atoms with Crippen molar-refractivity contribution in [2.24, 2.45) is 10.1 Å². The first-order valence-electron chi connectivity index (χ1n) is 19.9. The van der Waals surface area contributed by atoms with Crippen molar-refractivity contribution >= 4 is 96.0 Å². The van der Waals surface area contributed by atoms with Crippen LogP contribution in [0.4, 0.5) is 5.69 Å². The zero-order valence-electron chi connectivity index (χ0n) is 34.5. The normalized spacial score (nSPS) is 10.6. The fraction of sp³-hybridized carbons (Fsp3) is 0. The van der Waals surface area contributed by atoms with Crippen LogP contribution in [0.25, 0.3) is 10.9 Å². The number of nitrogens with zero attached hydrogens (tertiary/aromatic N) is 3. The number of aliphatic imine (C=N–C) groups is 1. The van der Waals surface area contributed by atoms with Crippen molar-refractivity contribution in [1.29, 1.82) is 0 Å². The molecule has 9 rings (SSSR count). The summed E-state index contributed by atoms with van der Waals surface area (Å²) in [6, 6.07) is 83.7. The number of hydrogen-bond donors (Lipinski definition) is 2. The molecule has 0 aliphatic rings. The molecule has 0 spiro atoms. The van der Waals surface area contributed by atoms with Crippen molar-refractivity contribution in [3.8, 4) is 5.75 Å². The van der Waals surface area contributed by atoms with Crippen LogP contribution >= 0.6 is 0 Å². The minimum atomic E-state index is -1.39. The molecule has 9 aromatic rings. The molecule has 0 aliphatic heterocycles. The van der Waals surface area contributed by atoms with Crippen LogP contribution in [0.2, 0.25) is 0 Å². The predicted octanol–water partition coefficient (Wildman–Crippen LogP) is 7.46. The number of nitrogens with one attached hydrogen (secondary N) is 1. The Labute approximate surface area is 403 Å². The Morgan fingerprint density at radius 1 is 0.484 bits per heavy atom. The van der Waals surface area contributed by atoms with Crippen molar-refractivity contribution in [3.63, 3.8) is 0 Å². The molecule has 0 saturated heterocycles. The summed E-state index contributed by atoms with van der Waals surface area (Å²) in [6.45, 7) is 4.50. The number of aromatic hydroxyl groups is 1. The molecule has 10 heteroatoms. The van der Waals surface area contributed by atoms with E-state index in [1.807, 2.05) is 48.5 Å². The van der Waals surface area contributed by atoms with E-state index in [-0.39, 0.29) is 30.4 Å². The molecule has 6 nitrogen and oxygen atoms in total. The van der Waals surface area contributed by atoms with Crippen LogP contribution in [0.3, 0.4) is 0 Å². The number of hydrogen-bond acceptors (Lipinski definition) is 5. The van der Waals surface area contributed by atoms with Crippen molar-refractivity contribution in [2.45, 2.75) is 0 Å². The van der Waals surface area contributed by atoms with Crippen LogP contribution in [0, 0.1) is 6.65 Å². The second-order valence-electron chi connectivity index (χ2n) is 13.4. The molecule has 0 aliphatic carbocycles. The van der Waals surface area contributed by atoms with Gasteiger partial charge in [-0.2, -0.15) is 5.10 Å². The molecule has 1 aromatic heterocycles. The molecule has 0 bridgehead atoms. The molecule has 0 atom stereocenters. The number of hydrazone groups is 1. The summed E-state index contributed by atoms with van der Waals surface area (Å²) in [6.07, 6.45) is 1.53. The number of pyridine rings is 1. The van der Waals surface area contributed by atoms with Gasteiger partial charge >= 0.3 is 268 Å². The molecule has 0 amide bonds. The Morgan fingerprint density at radius 2 is 0.828 bits per heavy atom. The molecular weight excluding hydrogens is 1020 g/mol. The van der Waals surface area contributed by atoms with Gasteiger partial charge in [-0.15, -0.1) is 0 Å². The van der Waals surface area contributed by atoms with E-state index in [0.717, 1.165) is 11.1 Å². The first kappa shape index (κ1) is 48.8. The van der Waals surface area contributed by atoms with Crippen LogP contribution in [0.1, 0.15) is 5.69 Å². The number of phenolic OH excluding ortho intramolecular Hbond substituents is 1. The quantitative estimate of drug-likeness (QED) is 0.0299. The third-order valence-electron chi connectivity index (χ3n) is 9.15. The van der Waals surface area contributed by atoms with Crippen LogP contribution in [0.5, 0.6) is 5.75 Å². The van der Waals surface area contributed by atoms with Gasteiger partial charge in [0.15, 0.2) is 0 Å². The Kier molecular flexibility index (Phi) is 20.7. The SMILES string of the molecule is Oc1cccc2ccc(/C=N/NC([S-])=Nc3ccccc3)nc12.[C-]#[O+].[Ru+].c1ccc([As](c2ccccc2)c2ccccc2)cc1.c1ccc([As](c2ccccc2)c2ccccc2)cc1. The van der Waals surface area contributed by atoms with Gasteiger partial charge in [0.05, 0.1) is 17.6 Å². The van der Waals surface area contributed by atoms with E-state index in [9.17, 15) is 5.11 Å². The molecular formula is C54H43As2N4O2RuS. The average Bonchev–Trinajstić information content (AvgIpc) is 3.35. The summed E-state index contributed by atoms with van der Waals surface area (Å²) in [7, 11) is 0. The number of amidine groups is 1. The van der Waals surface area contributed by atoms with Crippen molar-refractivity contribution in [1.82, 2.24) is 10.4 Å². The summed E-state index contributed by atoms with van der Waals surface area (Å²) in [5.41, 5.74) is 4.57. The molecule has 0 unspecified atom stereocenters. The number of fused-ring (bicyclic) bond motifs is 1. The Morgan fingerprint density at radius 3 is 1.19 bits per heavy atom. The minimum absolute atomic E-state index is 0. The number of aromatic nitrogens is 1. The molecule has 315 valence electrons. The fourth-order valence-electron chi connectivity index (χ4n) is 6.37. The topological polar surface area (TPSA) is 89.8 Å². The van der Waals surface area contributed by atoms with Crippen LogP contribution in [-0.2, 0) is 36.8 Å². The second kappa shape index (κ2) is 27.1. The molecule has 0 saturated carbocycles. The van der Waals surface area contributed by atoms with Crippen molar-refractivity contribution in [2.75, 3.05) is 0 Å². The number of phenols is 1. The van der Waals surface area contributed by atoms with Gasteiger partial charge in [-0.3, -0.25) is 10.4 Å². The third-order valence-corrected chi connectivity index (χ3v) is 19.6. The molecule has 1 heterocycles. The first-order chi connectivity index (χ1) is 31.1. The van der Waals surface area contributed by atoms with Gasteiger partial charge in [0.25, 0.3) is 0 Å². The molecule has 1 radical (unpaired) electrons. The monoisotopic (exact) mass is 1060 g/mol. The Bertz CT molecular complexity index is 2490. The zero-order valence-corrected chi connectivity index (χ0v) is 40.8. The van der Waals surface area contributed by atoms with Gasteiger partial charge in [0.2, 0.25) is 0 Å². The summed E-state index contributed by atoms with van der Waals surface area (Å²) in [5.74, 6) is 0.139. The van der Waals surface area contributed by atoms with Gasteiger partial charge in [-0.05, 0) is 24.3 Å². The van der Waals surface area contributed by atoms with Gasteiger partial charge < -0.3 is 17.7 Å². The molecule has 8 aromatic carbocycles. The van der Waals surface area contributed by atoms with E-state index < -0.39 is 29.3 Å². The van der Waals surface area contributed by atoms with Crippen LogP contribution in [-0.4, -0.2) is 50.8 Å². The van der Waals surface area contributed by atoms with Gasteiger partial charge in [0.1, 0.15) is 11.3 Å². The first-order valence-corrected chi connectivity index (χ1v) is 26.0. The standard InChI is InChI=1S/2C18H15As.C17H14N4OS.CO.Ru/c2*1-4-10-16(11-5-1)19(17-12-6-2-7-13-17)18-14-8-3-9-15-18;22-15-8-4-5-12-9-10-14(19-16(12)15)11-18-21-17(23)20-13-6-2-1-3-7-13;1-2;/h2*1-15H;1-11,22H,(H2,20,21,23);;/q;;;;+1/p-1/b;;18-11+;;. The van der Waals surface area contributed by atoms with E-state index in [0.29, 0.717) is 11.2 Å². The molecule has 64 heavy (non-hydrogen) atoms. The summed E-state index contributed by atoms with van der Waals surface area (Å²) >= 11 is 2.32. The van der Waals surface area contributed by atoms with Crippen molar-refractivity contribution < 1.29 is 29.2 Å². The number of rotatable bonds is 9. The van der Waals surface area contributed by atoms with E-state index >= 15 is 0 Å². The van der Waals surface area contributed by atoms with Gasteiger partial charge in [0, 0.05) is 10.6 Å². The van der Waals surface area contributed by atoms with Crippen LogP contribution < -0.4 is 31.5 Å². The summed E-state index contributed by atoms with van der Waals surface area (Å²) in [4.78, 5) is 8.54. The molecule has 2 N–H and O–H groups in total. The number of para-hydroxylation sites is 2. The Hall–Kier alpha value is -6.19. The summed E-state index contributed by atoms with van der Waals surface area (Å²) in [5, 5.41) is 15.0. The average molecular weight is 1060 g/mol. The second-order valence-corrected chi connectivity index (χ2v) is 23.1. The predicted molar refractivity (Wildman–Crippen MR) is 267 cm³/mol. The van der Waals surface area contributed by atoms with Crippen LogP contribution in [0.15, 0.2) is 253 Å². The van der Waals surface area contributed by atoms with Gasteiger partial charge in [-0.25, -0.2) is 4.98 Å².